The molecule has 0 aliphatic carbocycles. The molecule has 1 aromatic carbocycles. The fourth-order valence-electron chi connectivity index (χ4n) is 2.87. The topological polar surface area (TPSA) is 77.4 Å². The van der Waals surface area contributed by atoms with E-state index in [0.29, 0.717) is 27.9 Å². The first-order valence-corrected chi connectivity index (χ1v) is 8.49. The van der Waals surface area contributed by atoms with Crippen molar-refractivity contribution in [2.45, 2.75) is 18.9 Å². The molecule has 8 heteroatoms. The molecule has 1 aliphatic heterocycles. The van der Waals surface area contributed by atoms with Gasteiger partial charge in [0.2, 0.25) is 0 Å². The highest BCUT2D eigenvalue weighted by Gasteiger charge is 2.19. The summed E-state index contributed by atoms with van der Waals surface area (Å²) in [4.78, 5) is 12.5. The second-order valence-corrected chi connectivity index (χ2v) is 6.23. The predicted molar refractivity (Wildman–Crippen MR) is 95.9 cm³/mol. The lowest BCUT2D eigenvalue weighted by Crippen LogP contribution is -2.32. The third-order valence-electron chi connectivity index (χ3n) is 4.21. The van der Waals surface area contributed by atoms with Crippen molar-refractivity contribution in [3.05, 3.63) is 35.1 Å². The van der Waals surface area contributed by atoms with Crippen LogP contribution in [-0.2, 0) is 0 Å². The summed E-state index contributed by atoms with van der Waals surface area (Å²) in [7, 11) is 3.04. The zero-order valence-electron chi connectivity index (χ0n) is 14.2. The molecule has 0 radical (unpaired) electrons. The molecular formula is C17H21ClN4O3. The Labute approximate surface area is 151 Å². The largest absolute Gasteiger partial charge is 0.495 e. The number of hydrogen-bond acceptors (Lipinski definition) is 5. The van der Waals surface area contributed by atoms with E-state index < -0.39 is 0 Å². The van der Waals surface area contributed by atoms with Crippen molar-refractivity contribution < 1.29 is 14.3 Å². The average Bonchev–Trinajstić information content (AvgIpc) is 3.13. The molecule has 25 heavy (non-hydrogen) atoms. The molecule has 0 saturated carbocycles. The van der Waals surface area contributed by atoms with Gasteiger partial charge in [0.25, 0.3) is 5.91 Å². The molecule has 1 atom stereocenters. The van der Waals surface area contributed by atoms with Crippen LogP contribution < -0.4 is 20.1 Å². The lowest BCUT2D eigenvalue weighted by atomic mass is 10.1. The van der Waals surface area contributed by atoms with Crippen molar-refractivity contribution in [2.75, 3.05) is 32.6 Å². The molecule has 1 amide bonds. The number of carbonyl (C=O) groups excluding carboxylic acids is 1. The summed E-state index contributed by atoms with van der Waals surface area (Å²) in [5, 5.41) is 10.9. The molecule has 1 saturated heterocycles. The number of nitrogens with zero attached hydrogens (tertiary/aromatic N) is 2. The number of carbonyl (C=O) groups is 1. The van der Waals surface area contributed by atoms with Crippen molar-refractivity contribution in [3.63, 3.8) is 0 Å². The molecule has 7 nitrogen and oxygen atoms in total. The monoisotopic (exact) mass is 364 g/mol. The molecule has 0 bridgehead atoms. The smallest absolute Gasteiger partial charge is 0.276 e. The standard InChI is InChI=1S/C17H21ClN4O3/c1-24-15-9-16(25-2)14(8-12(15)18)20-17(23)13-5-7-22(21-13)11-4-3-6-19-10-11/h5,7-9,11,19H,3-4,6,10H2,1-2H3,(H,20,23). The molecule has 134 valence electrons. The Kier molecular flexibility index (Phi) is 5.45. The first-order valence-electron chi connectivity index (χ1n) is 8.11. The van der Waals surface area contributed by atoms with Crippen molar-refractivity contribution in [1.82, 2.24) is 15.1 Å². The SMILES string of the molecule is COc1cc(OC)c(NC(=O)c2ccn(C3CCCNC3)n2)cc1Cl. The summed E-state index contributed by atoms with van der Waals surface area (Å²) in [5.74, 6) is 0.623. The minimum atomic E-state index is -0.318. The number of halogens is 1. The van der Waals surface area contributed by atoms with Gasteiger partial charge in [-0.1, -0.05) is 11.6 Å². The summed E-state index contributed by atoms with van der Waals surface area (Å²) < 4.78 is 12.3. The van der Waals surface area contributed by atoms with Crippen LogP contribution in [-0.4, -0.2) is 43.0 Å². The van der Waals surface area contributed by atoms with E-state index in [1.807, 2.05) is 10.9 Å². The van der Waals surface area contributed by atoms with Crippen molar-refractivity contribution >= 4 is 23.2 Å². The number of benzene rings is 1. The Bertz CT molecular complexity index is 756. The Balaban J connectivity index is 1.76. The van der Waals surface area contributed by atoms with Crippen LogP contribution in [0.15, 0.2) is 24.4 Å². The minimum absolute atomic E-state index is 0.278. The normalized spacial score (nSPS) is 17.2. The molecule has 1 fully saturated rings. The Morgan fingerprint density at radius 1 is 1.36 bits per heavy atom. The van der Waals surface area contributed by atoms with E-state index in [1.54, 1.807) is 18.2 Å². The van der Waals surface area contributed by atoms with Crippen LogP contribution >= 0.6 is 11.6 Å². The highest BCUT2D eigenvalue weighted by atomic mass is 35.5. The maximum atomic E-state index is 12.5. The number of rotatable bonds is 5. The van der Waals surface area contributed by atoms with Crippen molar-refractivity contribution in [1.29, 1.82) is 0 Å². The number of aromatic nitrogens is 2. The van der Waals surface area contributed by atoms with Gasteiger partial charge in [0.15, 0.2) is 5.69 Å². The summed E-state index contributed by atoms with van der Waals surface area (Å²) in [6.07, 6.45) is 4.00. The predicted octanol–water partition coefficient (Wildman–Crippen LogP) is 2.73. The van der Waals surface area contributed by atoms with Gasteiger partial charge >= 0.3 is 0 Å². The molecule has 2 N–H and O–H groups in total. The van der Waals surface area contributed by atoms with Crippen LogP contribution in [0.5, 0.6) is 11.5 Å². The fourth-order valence-corrected chi connectivity index (χ4v) is 3.11. The van der Waals surface area contributed by atoms with E-state index in [9.17, 15) is 4.79 Å². The quantitative estimate of drug-likeness (QED) is 0.853. The van der Waals surface area contributed by atoms with E-state index in [1.165, 1.54) is 14.2 Å². The van der Waals surface area contributed by atoms with Crippen LogP contribution in [0.2, 0.25) is 5.02 Å². The number of ether oxygens (including phenoxy) is 2. The van der Waals surface area contributed by atoms with Gasteiger partial charge in [-0.15, -0.1) is 0 Å². The zero-order chi connectivity index (χ0) is 17.8. The first kappa shape index (κ1) is 17.6. The van der Waals surface area contributed by atoms with E-state index in [2.05, 4.69) is 15.7 Å². The van der Waals surface area contributed by atoms with Crippen molar-refractivity contribution in [3.8, 4) is 11.5 Å². The second-order valence-electron chi connectivity index (χ2n) is 5.82. The van der Waals surface area contributed by atoms with E-state index in [4.69, 9.17) is 21.1 Å². The van der Waals surface area contributed by atoms with Gasteiger partial charge in [-0.05, 0) is 31.5 Å². The number of amides is 1. The maximum absolute atomic E-state index is 12.5. The van der Waals surface area contributed by atoms with Crippen molar-refractivity contribution in [2.24, 2.45) is 0 Å². The van der Waals surface area contributed by atoms with Crippen LogP contribution in [0.25, 0.3) is 0 Å². The van der Waals surface area contributed by atoms with E-state index >= 15 is 0 Å². The van der Waals surface area contributed by atoms with Gasteiger partial charge in [0.1, 0.15) is 11.5 Å². The molecular weight excluding hydrogens is 344 g/mol. The van der Waals surface area contributed by atoms with E-state index in [0.717, 1.165) is 25.9 Å². The third kappa shape index (κ3) is 3.88. The van der Waals surface area contributed by atoms with Crippen LogP contribution in [0.1, 0.15) is 29.4 Å². The summed E-state index contributed by atoms with van der Waals surface area (Å²) in [5.41, 5.74) is 0.812. The van der Waals surface area contributed by atoms with Gasteiger partial charge in [-0.25, -0.2) is 0 Å². The molecule has 1 aliphatic rings. The van der Waals surface area contributed by atoms with Gasteiger partial charge in [-0.3, -0.25) is 9.48 Å². The van der Waals surface area contributed by atoms with Gasteiger partial charge in [-0.2, -0.15) is 5.10 Å². The highest BCUT2D eigenvalue weighted by molar-refractivity contribution is 6.32. The maximum Gasteiger partial charge on any atom is 0.276 e. The van der Waals surface area contributed by atoms with Crippen LogP contribution in [0.4, 0.5) is 5.69 Å². The molecule has 2 aromatic rings. The highest BCUT2D eigenvalue weighted by Crippen LogP contribution is 2.36. The minimum Gasteiger partial charge on any atom is -0.495 e. The number of nitrogens with one attached hydrogen (secondary N) is 2. The lowest BCUT2D eigenvalue weighted by Gasteiger charge is -2.22. The summed E-state index contributed by atoms with van der Waals surface area (Å²) >= 11 is 6.14. The number of hydrogen-bond donors (Lipinski definition) is 2. The third-order valence-corrected chi connectivity index (χ3v) is 4.50. The first-order chi connectivity index (χ1) is 12.1. The zero-order valence-corrected chi connectivity index (χ0v) is 15.0. The second kappa shape index (κ2) is 7.76. The molecule has 0 spiro atoms. The van der Waals surface area contributed by atoms with Gasteiger partial charge in [0.05, 0.1) is 31.0 Å². The van der Waals surface area contributed by atoms with Gasteiger partial charge < -0.3 is 20.1 Å². The molecule has 2 heterocycles. The number of methoxy groups -OCH3 is 2. The lowest BCUT2D eigenvalue weighted by molar-refractivity contribution is 0.102. The molecule has 1 aromatic heterocycles. The average molecular weight is 365 g/mol. The molecule has 3 rings (SSSR count). The summed E-state index contributed by atoms with van der Waals surface area (Å²) in [6.45, 7) is 1.90. The Morgan fingerprint density at radius 3 is 2.84 bits per heavy atom. The Morgan fingerprint density at radius 2 is 2.16 bits per heavy atom. The molecule has 1 unspecified atom stereocenters. The fraction of sp³-hybridized carbons (Fsp3) is 0.412. The van der Waals surface area contributed by atoms with Crippen LogP contribution in [0, 0.1) is 0 Å². The van der Waals surface area contributed by atoms with Crippen LogP contribution in [0.3, 0.4) is 0 Å². The van der Waals surface area contributed by atoms with E-state index in [-0.39, 0.29) is 11.9 Å². The number of piperidine rings is 1. The van der Waals surface area contributed by atoms with Gasteiger partial charge in [0, 0.05) is 18.8 Å². The Hall–Kier alpha value is -2.25. The summed E-state index contributed by atoms with van der Waals surface area (Å²) in [6, 6.07) is 5.21. The number of anilines is 1.